The van der Waals surface area contributed by atoms with Gasteiger partial charge in [-0.25, -0.2) is 4.39 Å². The molecule has 1 saturated heterocycles. The molecule has 3 heteroatoms. The van der Waals surface area contributed by atoms with Crippen molar-refractivity contribution < 1.29 is 4.39 Å². The summed E-state index contributed by atoms with van der Waals surface area (Å²) in [7, 11) is 0. The lowest BCUT2D eigenvalue weighted by molar-refractivity contribution is 0.183. The third-order valence-electron chi connectivity index (χ3n) is 2.73. The molecule has 0 atom stereocenters. The fraction of sp³-hybridized carbons (Fsp3) is 1.00. The highest BCUT2D eigenvalue weighted by atomic mass is 19.1. The summed E-state index contributed by atoms with van der Waals surface area (Å²) in [6.07, 6.45) is 2.74. The van der Waals surface area contributed by atoms with Crippen molar-refractivity contribution in [3.63, 3.8) is 0 Å². The Hall–Kier alpha value is -0.150. The van der Waals surface area contributed by atoms with Crippen molar-refractivity contribution in [1.82, 2.24) is 10.2 Å². The number of hydrogen-bond donors (Lipinski definition) is 1. The molecule has 2 fully saturated rings. The molecule has 70 valence electrons. The van der Waals surface area contributed by atoms with Gasteiger partial charge in [-0.05, 0) is 32.4 Å². The summed E-state index contributed by atoms with van der Waals surface area (Å²) in [4.78, 5) is 2.26. The van der Waals surface area contributed by atoms with Crippen LogP contribution in [0.5, 0.6) is 0 Å². The van der Waals surface area contributed by atoms with E-state index >= 15 is 0 Å². The molecular formula is C9H17FN2. The SMILES string of the molecule is FC1(CN2CCCNCC2)CC1. The molecular weight excluding hydrogens is 155 g/mol. The maximum atomic E-state index is 13.4. The first-order valence-corrected chi connectivity index (χ1v) is 4.91. The third-order valence-corrected chi connectivity index (χ3v) is 2.73. The predicted molar refractivity (Wildman–Crippen MR) is 47.0 cm³/mol. The Labute approximate surface area is 73.1 Å². The number of nitrogens with zero attached hydrogens (tertiary/aromatic N) is 1. The highest BCUT2D eigenvalue weighted by Crippen LogP contribution is 2.40. The summed E-state index contributed by atoms with van der Waals surface area (Å²) in [5, 5.41) is 3.32. The normalized spacial score (nSPS) is 29.8. The fourth-order valence-electron chi connectivity index (χ4n) is 1.75. The van der Waals surface area contributed by atoms with Gasteiger partial charge in [0.2, 0.25) is 0 Å². The molecule has 0 aromatic heterocycles. The van der Waals surface area contributed by atoms with Crippen molar-refractivity contribution in [2.45, 2.75) is 24.9 Å². The van der Waals surface area contributed by atoms with E-state index in [0.717, 1.165) is 45.4 Å². The molecule has 0 aromatic rings. The van der Waals surface area contributed by atoms with E-state index in [4.69, 9.17) is 0 Å². The van der Waals surface area contributed by atoms with Crippen LogP contribution in [0.15, 0.2) is 0 Å². The van der Waals surface area contributed by atoms with Crippen molar-refractivity contribution in [3.8, 4) is 0 Å². The standard InChI is InChI=1S/C9H17FN2/c10-9(2-3-9)8-12-6-1-4-11-5-7-12/h11H,1-8H2. The second-order valence-corrected chi connectivity index (χ2v) is 4.03. The summed E-state index contributed by atoms with van der Waals surface area (Å²) >= 11 is 0. The van der Waals surface area contributed by atoms with Crippen LogP contribution in [-0.2, 0) is 0 Å². The summed E-state index contributed by atoms with van der Waals surface area (Å²) < 4.78 is 13.4. The zero-order chi connectivity index (χ0) is 8.44. The third kappa shape index (κ3) is 2.17. The van der Waals surface area contributed by atoms with E-state index in [1.54, 1.807) is 0 Å². The molecule has 1 heterocycles. The van der Waals surface area contributed by atoms with Crippen LogP contribution < -0.4 is 5.32 Å². The van der Waals surface area contributed by atoms with Gasteiger partial charge in [0.1, 0.15) is 5.67 Å². The Balaban J connectivity index is 1.77. The lowest BCUT2D eigenvalue weighted by Crippen LogP contribution is -2.34. The van der Waals surface area contributed by atoms with Crippen molar-refractivity contribution in [1.29, 1.82) is 0 Å². The molecule has 1 aliphatic carbocycles. The lowest BCUT2D eigenvalue weighted by Gasteiger charge is -2.21. The van der Waals surface area contributed by atoms with E-state index in [2.05, 4.69) is 10.2 Å². The fourth-order valence-corrected chi connectivity index (χ4v) is 1.75. The summed E-state index contributed by atoms with van der Waals surface area (Å²) in [5.74, 6) is 0. The molecule has 0 spiro atoms. The second kappa shape index (κ2) is 3.30. The van der Waals surface area contributed by atoms with Crippen LogP contribution in [0, 0.1) is 0 Å². The van der Waals surface area contributed by atoms with Crippen molar-refractivity contribution in [2.24, 2.45) is 0 Å². The zero-order valence-electron chi connectivity index (χ0n) is 7.48. The minimum absolute atomic E-state index is 0.675. The summed E-state index contributed by atoms with van der Waals surface area (Å²) in [5.41, 5.74) is -0.801. The van der Waals surface area contributed by atoms with E-state index in [1.807, 2.05) is 0 Å². The smallest absolute Gasteiger partial charge is 0.123 e. The van der Waals surface area contributed by atoms with Crippen molar-refractivity contribution in [2.75, 3.05) is 32.7 Å². The van der Waals surface area contributed by atoms with Gasteiger partial charge in [-0.3, -0.25) is 4.90 Å². The second-order valence-electron chi connectivity index (χ2n) is 4.03. The van der Waals surface area contributed by atoms with Crippen LogP contribution >= 0.6 is 0 Å². The van der Waals surface area contributed by atoms with Crippen LogP contribution in [0.2, 0.25) is 0 Å². The summed E-state index contributed by atoms with van der Waals surface area (Å²) in [6.45, 7) is 4.88. The number of alkyl halides is 1. The highest BCUT2D eigenvalue weighted by molar-refractivity contribution is 4.96. The topological polar surface area (TPSA) is 15.3 Å². The lowest BCUT2D eigenvalue weighted by atomic mass is 10.3. The Morgan fingerprint density at radius 1 is 1.25 bits per heavy atom. The van der Waals surface area contributed by atoms with Crippen LogP contribution in [-0.4, -0.2) is 43.3 Å². The molecule has 2 nitrogen and oxygen atoms in total. The minimum Gasteiger partial charge on any atom is -0.315 e. The Morgan fingerprint density at radius 2 is 2.08 bits per heavy atom. The van der Waals surface area contributed by atoms with Gasteiger partial charge in [-0.15, -0.1) is 0 Å². The molecule has 0 bridgehead atoms. The molecule has 1 aliphatic heterocycles. The number of halogens is 1. The largest absolute Gasteiger partial charge is 0.315 e. The Kier molecular flexibility index (Phi) is 2.33. The van der Waals surface area contributed by atoms with Gasteiger partial charge in [0.05, 0.1) is 0 Å². The maximum Gasteiger partial charge on any atom is 0.123 e. The van der Waals surface area contributed by atoms with Gasteiger partial charge in [0.15, 0.2) is 0 Å². The van der Waals surface area contributed by atoms with Crippen molar-refractivity contribution >= 4 is 0 Å². The molecule has 2 aliphatic rings. The van der Waals surface area contributed by atoms with E-state index < -0.39 is 5.67 Å². The van der Waals surface area contributed by atoms with E-state index in [0.29, 0.717) is 6.54 Å². The predicted octanol–water partition coefficient (Wildman–Crippen LogP) is 0.784. The molecule has 0 radical (unpaired) electrons. The zero-order valence-corrected chi connectivity index (χ0v) is 7.48. The Morgan fingerprint density at radius 3 is 2.83 bits per heavy atom. The monoisotopic (exact) mass is 172 g/mol. The van der Waals surface area contributed by atoms with Crippen LogP contribution in [0.1, 0.15) is 19.3 Å². The number of hydrogen-bond acceptors (Lipinski definition) is 2. The first-order chi connectivity index (χ1) is 5.79. The average molecular weight is 172 g/mol. The first kappa shape index (κ1) is 8.45. The average Bonchev–Trinajstić information content (AvgIpc) is 2.78. The molecule has 1 N–H and O–H groups in total. The molecule has 1 saturated carbocycles. The van der Waals surface area contributed by atoms with E-state index in [-0.39, 0.29) is 0 Å². The quantitative estimate of drug-likeness (QED) is 0.662. The van der Waals surface area contributed by atoms with Gasteiger partial charge in [0, 0.05) is 19.6 Å². The minimum atomic E-state index is -0.801. The Bertz CT molecular complexity index is 149. The molecule has 2 rings (SSSR count). The van der Waals surface area contributed by atoms with Crippen LogP contribution in [0.3, 0.4) is 0 Å². The number of rotatable bonds is 2. The number of nitrogens with one attached hydrogen (secondary N) is 1. The molecule has 12 heavy (non-hydrogen) atoms. The first-order valence-electron chi connectivity index (χ1n) is 4.91. The summed E-state index contributed by atoms with van der Waals surface area (Å²) in [6, 6.07) is 0. The molecule has 0 aromatic carbocycles. The maximum absolute atomic E-state index is 13.4. The molecule has 0 unspecified atom stereocenters. The van der Waals surface area contributed by atoms with Gasteiger partial charge in [-0.2, -0.15) is 0 Å². The van der Waals surface area contributed by atoms with Crippen LogP contribution in [0.4, 0.5) is 4.39 Å². The van der Waals surface area contributed by atoms with Gasteiger partial charge in [-0.1, -0.05) is 0 Å². The molecule has 0 amide bonds. The van der Waals surface area contributed by atoms with E-state index in [9.17, 15) is 4.39 Å². The van der Waals surface area contributed by atoms with Gasteiger partial charge < -0.3 is 5.32 Å². The van der Waals surface area contributed by atoms with Gasteiger partial charge in [0.25, 0.3) is 0 Å². The van der Waals surface area contributed by atoms with Crippen LogP contribution in [0.25, 0.3) is 0 Å². The van der Waals surface area contributed by atoms with Gasteiger partial charge >= 0.3 is 0 Å². The van der Waals surface area contributed by atoms with Crippen molar-refractivity contribution in [3.05, 3.63) is 0 Å². The highest BCUT2D eigenvalue weighted by Gasteiger charge is 2.44. The van der Waals surface area contributed by atoms with E-state index in [1.165, 1.54) is 0 Å².